The summed E-state index contributed by atoms with van der Waals surface area (Å²) in [6.45, 7) is 0. The first-order valence-corrected chi connectivity index (χ1v) is 5.58. The number of fused-ring (bicyclic) bond motifs is 1. The lowest BCUT2D eigenvalue weighted by molar-refractivity contribution is 0.112. The maximum atomic E-state index is 11.1. The fraction of sp³-hybridized carbons (Fsp3) is 0.250. The van der Waals surface area contributed by atoms with Crippen LogP contribution in [0.25, 0.3) is 10.9 Å². The summed E-state index contributed by atoms with van der Waals surface area (Å²) in [7, 11) is 0. The van der Waals surface area contributed by atoms with Crippen molar-refractivity contribution in [3.8, 4) is 5.75 Å². The number of hydrogen-bond acceptors (Lipinski definition) is 2. The molecule has 0 bridgehead atoms. The molecular formula is C12H10ClNO2. The van der Waals surface area contributed by atoms with Crippen LogP contribution < -0.4 is 0 Å². The first kappa shape index (κ1) is 9.73. The van der Waals surface area contributed by atoms with Gasteiger partial charge in [-0.15, -0.1) is 0 Å². The van der Waals surface area contributed by atoms with Crippen LogP contribution in [0, 0.1) is 0 Å². The normalized spacial score (nSPS) is 15.6. The summed E-state index contributed by atoms with van der Waals surface area (Å²) in [6.07, 6.45) is 3.03. The van der Waals surface area contributed by atoms with Gasteiger partial charge in [-0.05, 0) is 30.9 Å². The van der Waals surface area contributed by atoms with E-state index in [-0.39, 0.29) is 10.8 Å². The van der Waals surface area contributed by atoms with Crippen molar-refractivity contribution in [2.45, 2.75) is 18.8 Å². The van der Waals surface area contributed by atoms with E-state index in [1.165, 1.54) is 6.07 Å². The molecule has 0 atom stereocenters. The lowest BCUT2D eigenvalue weighted by Crippen LogP contribution is -1.86. The maximum absolute atomic E-state index is 11.1. The molecule has 0 aliphatic heterocycles. The number of carbonyl (C=O) groups excluding carboxylic acids is 1. The minimum atomic E-state index is 0.0126. The molecule has 1 saturated carbocycles. The Bertz CT molecular complexity index is 584. The Kier molecular flexibility index (Phi) is 1.98. The first-order chi connectivity index (χ1) is 7.72. The molecule has 16 heavy (non-hydrogen) atoms. The molecule has 0 saturated heterocycles. The number of rotatable bonds is 2. The molecule has 1 aliphatic rings. The third-order valence-corrected chi connectivity index (χ3v) is 3.44. The number of halogens is 1. The largest absolute Gasteiger partial charge is 0.506 e. The molecule has 4 heteroatoms. The molecule has 2 aromatic rings. The van der Waals surface area contributed by atoms with E-state index < -0.39 is 0 Å². The highest BCUT2D eigenvalue weighted by Gasteiger charge is 2.29. The monoisotopic (exact) mass is 235 g/mol. The van der Waals surface area contributed by atoms with Crippen molar-refractivity contribution >= 4 is 28.8 Å². The molecule has 82 valence electrons. The second-order valence-electron chi connectivity index (χ2n) is 4.17. The van der Waals surface area contributed by atoms with E-state index >= 15 is 0 Å². The molecule has 3 nitrogen and oxygen atoms in total. The molecule has 1 aromatic carbocycles. The van der Waals surface area contributed by atoms with E-state index in [2.05, 4.69) is 4.98 Å². The second-order valence-corrected chi connectivity index (χ2v) is 4.54. The van der Waals surface area contributed by atoms with E-state index in [1.807, 2.05) is 0 Å². The number of aldehydes is 1. The molecule has 0 unspecified atom stereocenters. The van der Waals surface area contributed by atoms with Gasteiger partial charge >= 0.3 is 0 Å². The van der Waals surface area contributed by atoms with Crippen molar-refractivity contribution in [3.05, 3.63) is 28.4 Å². The smallest absolute Gasteiger partial charge is 0.152 e. The van der Waals surface area contributed by atoms with Crippen molar-refractivity contribution in [1.82, 2.24) is 4.98 Å². The fourth-order valence-corrected chi connectivity index (χ4v) is 2.36. The second kappa shape index (κ2) is 3.25. The van der Waals surface area contributed by atoms with E-state index in [9.17, 15) is 9.90 Å². The fourth-order valence-electron chi connectivity index (χ4n) is 2.10. The van der Waals surface area contributed by atoms with E-state index in [1.54, 1.807) is 6.07 Å². The van der Waals surface area contributed by atoms with Crippen LogP contribution in [0.2, 0.25) is 5.02 Å². The number of aromatic hydroxyl groups is 1. The van der Waals surface area contributed by atoms with Crippen LogP contribution in [0.15, 0.2) is 12.1 Å². The van der Waals surface area contributed by atoms with Crippen LogP contribution in [-0.4, -0.2) is 16.4 Å². The van der Waals surface area contributed by atoms with Gasteiger partial charge in [0.15, 0.2) is 6.29 Å². The van der Waals surface area contributed by atoms with Gasteiger partial charge in [-0.25, -0.2) is 0 Å². The Hall–Kier alpha value is -1.48. The molecule has 2 N–H and O–H groups in total. The van der Waals surface area contributed by atoms with Gasteiger partial charge in [0.2, 0.25) is 0 Å². The summed E-state index contributed by atoms with van der Waals surface area (Å²) in [5.74, 6) is 0.462. The Labute approximate surface area is 97.0 Å². The third kappa shape index (κ3) is 1.25. The number of nitrogens with one attached hydrogen (secondary N) is 1. The van der Waals surface area contributed by atoms with Crippen LogP contribution in [0.5, 0.6) is 5.75 Å². The number of aromatic nitrogens is 1. The summed E-state index contributed by atoms with van der Waals surface area (Å²) >= 11 is 6.02. The molecule has 0 spiro atoms. The molecule has 1 fully saturated rings. The van der Waals surface area contributed by atoms with Crippen LogP contribution in [-0.2, 0) is 0 Å². The van der Waals surface area contributed by atoms with Crippen LogP contribution in [0.4, 0.5) is 0 Å². The lowest BCUT2D eigenvalue weighted by atomic mass is 10.1. The summed E-state index contributed by atoms with van der Waals surface area (Å²) in [5, 5.41) is 10.4. The Morgan fingerprint density at radius 3 is 2.81 bits per heavy atom. The number of H-pyrrole nitrogens is 1. The standard InChI is InChI=1S/C12H10ClNO2/c13-11-9(16)4-3-8-10(11)7(5-15)12(14-8)6-1-2-6/h3-6,14,16H,1-2H2. The van der Waals surface area contributed by atoms with Gasteiger partial charge in [0, 0.05) is 22.2 Å². The summed E-state index contributed by atoms with van der Waals surface area (Å²) < 4.78 is 0. The predicted molar refractivity (Wildman–Crippen MR) is 62.3 cm³/mol. The lowest BCUT2D eigenvalue weighted by Gasteiger charge is -1.98. The SMILES string of the molecule is O=Cc1c(C2CC2)[nH]c2ccc(O)c(Cl)c12. The number of hydrogen-bond donors (Lipinski definition) is 2. The Morgan fingerprint density at radius 2 is 2.19 bits per heavy atom. The Balaban J connectivity index is 2.38. The van der Waals surface area contributed by atoms with Crippen LogP contribution >= 0.6 is 11.6 Å². The first-order valence-electron chi connectivity index (χ1n) is 5.20. The summed E-state index contributed by atoms with van der Waals surface area (Å²) in [5.41, 5.74) is 2.36. The molecule has 3 rings (SSSR count). The van der Waals surface area contributed by atoms with E-state index in [0.29, 0.717) is 16.9 Å². The van der Waals surface area contributed by atoms with Crippen molar-refractivity contribution in [2.24, 2.45) is 0 Å². The maximum Gasteiger partial charge on any atom is 0.152 e. The average molecular weight is 236 g/mol. The zero-order valence-electron chi connectivity index (χ0n) is 8.46. The molecule has 1 aliphatic carbocycles. The number of phenols is 1. The number of benzene rings is 1. The minimum Gasteiger partial charge on any atom is -0.506 e. The zero-order valence-corrected chi connectivity index (χ0v) is 9.21. The predicted octanol–water partition coefficient (Wildman–Crippen LogP) is 3.22. The molecule has 1 aromatic heterocycles. The number of carbonyl (C=O) groups is 1. The van der Waals surface area contributed by atoms with Gasteiger partial charge in [-0.2, -0.15) is 0 Å². The minimum absolute atomic E-state index is 0.0126. The van der Waals surface area contributed by atoms with Gasteiger partial charge in [0.1, 0.15) is 5.75 Å². The van der Waals surface area contributed by atoms with Gasteiger partial charge < -0.3 is 10.1 Å². The highest BCUT2D eigenvalue weighted by molar-refractivity contribution is 6.38. The molecular weight excluding hydrogens is 226 g/mol. The number of phenolic OH excluding ortho intramolecular Hbond substituents is 1. The van der Waals surface area contributed by atoms with E-state index in [4.69, 9.17) is 11.6 Å². The Morgan fingerprint density at radius 1 is 1.44 bits per heavy atom. The number of aromatic amines is 1. The quantitative estimate of drug-likeness (QED) is 0.786. The van der Waals surface area contributed by atoms with Gasteiger partial charge in [0.05, 0.1) is 5.02 Å². The van der Waals surface area contributed by atoms with Gasteiger partial charge in [-0.3, -0.25) is 4.79 Å². The van der Waals surface area contributed by atoms with Crippen molar-refractivity contribution in [1.29, 1.82) is 0 Å². The third-order valence-electron chi connectivity index (χ3n) is 3.05. The van der Waals surface area contributed by atoms with Gasteiger partial charge in [0.25, 0.3) is 0 Å². The highest BCUT2D eigenvalue weighted by Crippen LogP contribution is 2.44. The molecule has 0 radical (unpaired) electrons. The van der Waals surface area contributed by atoms with Crippen LogP contribution in [0.1, 0.15) is 34.8 Å². The van der Waals surface area contributed by atoms with Crippen LogP contribution in [0.3, 0.4) is 0 Å². The zero-order chi connectivity index (χ0) is 11.3. The summed E-state index contributed by atoms with van der Waals surface area (Å²) in [4.78, 5) is 14.4. The topological polar surface area (TPSA) is 53.1 Å². The van der Waals surface area contributed by atoms with Crippen molar-refractivity contribution in [2.75, 3.05) is 0 Å². The average Bonchev–Trinajstić information content (AvgIpc) is 3.05. The van der Waals surface area contributed by atoms with Gasteiger partial charge in [-0.1, -0.05) is 11.6 Å². The van der Waals surface area contributed by atoms with Crippen molar-refractivity contribution < 1.29 is 9.90 Å². The van der Waals surface area contributed by atoms with E-state index in [0.717, 1.165) is 30.3 Å². The molecule has 0 amide bonds. The summed E-state index contributed by atoms with van der Waals surface area (Å²) in [6, 6.07) is 3.28. The van der Waals surface area contributed by atoms with Crippen molar-refractivity contribution in [3.63, 3.8) is 0 Å². The molecule has 1 heterocycles. The highest BCUT2D eigenvalue weighted by atomic mass is 35.5.